The predicted octanol–water partition coefficient (Wildman–Crippen LogP) is 2.02. The number of hydrogen-bond donors (Lipinski definition) is 3. The maximum absolute atomic E-state index is 12.8. The Labute approximate surface area is 173 Å². The lowest BCUT2D eigenvalue weighted by atomic mass is 9.81. The van der Waals surface area contributed by atoms with E-state index in [-0.39, 0.29) is 17.0 Å². The number of anilines is 1. The van der Waals surface area contributed by atoms with Gasteiger partial charge in [-0.3, -0.25) is 9.59 Å². The Morgan fingerprint density at radius 1 is 1.10 bits per heavy atom. The van der Waals surface area contributed by atoms with Crippen LogP contribution in [0.15, 0.2) is 24.3 Å². The Hall–Kier alpha value is -2.71. The number of amides is 2. The molecule has 154 valence electrons. The summed E-state index contributed by atoms with van der Waals surface area (Å²) in [5, 5.41) is 5.58. The normalized spacial score (nSPS) is 16.6. The molecule has 0 saturated heterocycles. The van der Waals surface area contributed by atoms with Crippen molar-refractivity contribution in [3.63, 3.8) is 0 Å². The first-order chi connectivity index (χ1) is 13.4. The zero-order valence-corrected chi connectivity index (χ0v) is 18.0. The minimum Gasteiger partial charge on any atom is -0.465 e. The third-order valence-electron chi connectivity index (χ3n) is 5.02. The van der Waals surface area contributed by atoms with E-state index in [1.54, 1.807) is 12.1 Å². The fourth-order valence-corrected chi connectivity index (χ4v) is 5.40. The lowest BCUT2D eigenvalue weighted by Gasteiger charge is -2.38. The number of rotatable bonds is 4. The molecule has 0 spiro atoms. The van der Waals surface area contributed by atoms with E-state index in [2.05, 4.69) is 43.1 Å². The van der Waals surface area contributed by atoms with E-state index in [1.807, 2.05) is 0 Å². The van der Waals surface area contributed by atoms with E-state index in [1.165, 1.54) is 30.6 Å². The minimum atomic E-state index is -0.549. The molecule has 5 N–H and O–H groups in total. The van der Waals surface area contributed by atoms with E-state index in [9.17, 15) is 14.4 Å². The standard InChI is InChI=1S/C21H25N3O4S/c1-20(2)10-13-14(16(22)25)18(29-15(13)21(3,4)24-20)23-17(26)11-6-8-12(9-7-11)19(27)28-5/h6-9,24H,10H2,1-5H3,(H2,22,25)(H,23,26)/p+1. The maximum atomic E-state index is 12.8. The Bertz CT molecular complexity index is 990. The van der Waals surface area contributed by atoms with Crippen molar-refractivity contribution in [3.8, 4) is 0 Å². The van der Waals surface area contributed by atoms with Crippen LogP contribution in [0, 0.1) is 0 Å². The van der Waals surface area contributed by atoms with Crippen LogP contribution in [-0.2, 0) is 16.7 Å². The van der Waals surface area contributed by atoms with Crippen LogP contribution < -0.4 is 16.4 Å². The molecule has 2 aromatic rings. The van der Waals surface area contributed by atoms with Crippen LogP contribution >= 0.6 is 11.3 Å². The third-order valence-corrected chi connectivity index (χ3v) is 6.50. The summed E-state index contributed by atoms with van der Waals surface area (Å²) >= 11 is 1.39. The van der Waals surface area contributed by atoms with E-state index < -0.39 is 11.9 Å². The van der Waals surface area contributed by atoms with Gasteiger partial charge in [0.25, 0.3) is 11.8 Å². The van der Waals surface area contributed by atoms with Crippen LogP contribution in [0.5, 0.6) is 0 Å². The molecule has 2 heterocycles. The van der Waals surface area contributed by atoms with Crippen molar-refractivity contribution in [3.05, 3.63) is 51.4 Å². The highest BCUT2D eigenvalue weighted by Crippen LogP contribution is 2.42. The number of hydrogen-bond acceptors (Lipinski definition) is 5. The number of nitrogens with two attached hydrogens (primary N) is 2. The van der Waals surface area contributed by atoms with Gasteiger partial charge in [-0.15, -0.1) is 11.3 Å². The topological polar surface area (TPSA) is 115 Å². The molecule has 1 aromatic carbocycles. The van der Waals surface area contributed by atoms with E-state index in [0.717, 1.165) is 10.4 Å². The first-order valence-corrected chi connectivity index (χ1v) is 10.1. The fourth-order valence-electron chi connectivity index (χ4n) is 4.10. The van der Waals surface area contributed by atoms with Crippen molar-refractivity contribution in [1.29, 1.82) is 0 Å². The molecule has 0 bridgehead atoms. The molecule has 3 rings (SSSR count). The number of quaternary nitrogens is 1. The SMILES string of the molecule is COC(=O)c1ccc(C(=O)Nc2sc3c(c2C(N)=O)CC(C)(C)[NH2+]C3(C)C)cc1. The summed E-state index contributed by atoms with van der Waals surface area (Å²) in [4.78, 5) is 37.6. The van der Waals surface area contributed by atoms with E-state index in [0.29, 0.717) is 28.1 Å². The van der Waals surface area contributed by atoms with Gasteiger partial charge in [0.05, 0.1) is 28.7 Å². The number of primary amides is 1. The molecule has 1 aromatic heterocycles. The van der Waals surface area contributed by atoms with Gasteiger partial charge in [0.1, 0.15) is 10.5 Å². The smallest absolute Gasteiger partial charge is 0.337 e. The highest BCUT2D eigenvalue weighted by atomic mass is 32.1. The molecule has 1 aliphatic rings. The summed E-state index contributed by atoms with van der Waals surface area (Å²) < 4.78 is 4.66. The van der Waals surface area contributed by atoms with Gasteiger partial charge in [-0.1, -0.05) is 0 Å². The highest BCUT2D eigenvalue weighted by Gasteiger charge is 2.45. The number of methoxy groups -OCH3 is 1. The third kappa shape index (κ3) is 4.04. The summed E-state index contributed by atoms with van der Waals surface area (Å²) in [6.45, 7) is 8.46. The quantitative estimate of drug-likeness (QED) is 0.661. The van der Waals surface area contributed by atoms with Crippen molar-refractivity contribution in [1.82, 2.24) is 0 Å². The van der Waals surface area contributed by atoms with Gasteiger partial charge in [0, 0.05) is 12.0 Å². The van der Waals surface area contributed by atoms with Crippen LogP contribution in [0.4, 0.5) is 5.00 Å². The number of nitrogens with one attached hydrogen (secondary N) is 1. The molecule has 0 fully saturated rings. The lowest BCUT2D eigenvalue weighted by Crippen LogP contribution is -3.03. The summed E-state index contributed by atoms with van der Waals surface area (Å²) in [6, 6.07) is 6.13. The Morgan fingerprint density at radius 2 is 1.69 bits per heavy atom. The molecule has 0 radical (unpaired) electrons. The average Bonchev–Trinajstić information content (AvgIpc) is 2.98. The molecular weight excluding hydrogens is 390 g/mol. The molecule has 1 aliphatic heterocycles. The van der Waals surface area contributed by atoms with Crippen LogP contribution in [-0.4, -0.2) is 30.4 Å². The highest BCUT2D eigenvalue weighted by molar-refractivity contribution is 7.17. The van der Waals surface area contributed by atoms with Gasteiger partial charge in [-0.25, -0.2) is 4.79 Å². The van der Waals surface area contributed by atoms with Gasteiger partial charge in [-0.05, 0) is 57.5 Å². The predicted molar refractivity (Wildman–Crippen MR) is 111 cm³/mol. The van der Waals surface area contributed by atoms with Gasteiger partial charge < -0.3 is 21.1 Å². The number of thiophene rings is 1. The molecule has 8 heteroatoms. The second-order valence-electron chi connectivity index (χ2n) is 8.53. The molecule has 29 heavy (non-hydrogen) atoms. The average molecular weight is 417 g/mol. The largest absolute Gasteiger partial charge is 0.465 e. The van der Waals surface area contributed by atoms with Crippen LogP contribution in [0.25, 0.3) is 0 Å². The molecule has 0 aliphatic carbocycles. The molecule has 0 unspecified atom stereocenters. The van der Waals surface area contributed by atoms with Crippen molar-refractivity contribution in [2.75, 3.05) is 12.4 Å². The first-order valence-electron chi connectivity index (χ1n) is 9.28. The summed E-state index contributed by atoms with van der Waals surface area (Å²) in [7, 11) is 1.30. The lowest BCUT2D eigenvalue weighted by molar-refractivity contribution is -0.789. The second kappa shape index (κ2) is 7.27. The van der Waals surface area contributed by atoms with Crippen molar-refractivity contribution < 1.29 is 24.4 Å². The molecule has 2 amide bonds. The number of esters is 1. The number of fused-ring (bicyclic) bond motifs is 1. The van der Waals surface area contributed by atoms with Gasteiger partial charge >= 0.3 is 5.97 Å². The number of carbonyl (C=O) groups is 3. The van der Waals surface area contributed by atoms with Crippen molar-refractivity contribution in [2.24, 2.45) is 5.73 Å². The van der Waals surface area contributed by atoms with E-state index >= 15 is 0 Å². The van der Waals surface area contributed by atoms with Crippen LogP contribution in [0.1, 0.15) is 69.2 Å². The Morgan fingerprint density at radius 3 is 2.24 bits per heavy atom. The van der Waals surface area contributed by atoms with Gasteiger partial charge in [0.2, 0.25) is 0 Å². The number of carbonyl (C=O) groups excluding carboxylic acids is 3. The maximum Gasteiger partial charge on any atom is 0.337 e. The molecule has 0 saturated carbocycles. The van der Waals surface area contributed by atoms with Gasteiger partial charge in [-0.2, -0.15) is 0 Å². The monoisotopic (exact) mass is 416 g/mol. The minimum absolute atomic E-state index is 0.0905. The van der Waals surface area contributed by atoms with Crippen LogP contribution in [0.2, 0.25) is 0 Å². The summed E-state index contributed by atoms with van der Waals surface area (Å²) in [5.74, 6) is -1.39. The summed E-state index contributed by atoms with van der Waals surface area (Å²) in [5.41, 5.74) is 7.39. The Balaban J connectivity index is 1.96. The summed E-state index contributed by atoms with van der Waals surface area (Å²) in [6.07, 6.45) is 0.685. The van der Waals surface area contributed by atoms with Crippen molar-refractivity contribution in [2.45, 2.75) is 45.2 Å². The fraction of sp³-hybridized carbons (Fsp3) is 0.381. The molecular formula is C21H26N3O4S+. The second-order valence-corrected chi connectivity index (χ2v) is 9.55. The molecule has 0 atom stereocenters. The Kier molecular flexibility index (Phi) is 5.27. The van der Waals surface area contributed by atoms with Crippen molar-refractivity contribution >= 4 is 34.1 Å². The first kappa shape index (κ1) is 21.0. The number of benzene rings is 1. The molecule has 7 nitrogen and oxygen atoms in total. The number of ether oxygens (including phenoxy) is 1. The zero-order chi connectivity index (χ0) is 21.6. The zero-order valence-electron chi connectivity index (χ0n) is 17.2. The van der Waals surface area contributed by atoms with Gasteiger partial charge in [0.15, 0.2) is 0 Å². The van der Waals surface area contributed by atoms with Crippen LogP contribution in [0.3, 0.4) is 0 Å². The van der Waals surface area contributed by atoms with E-state index in [4.69, 9.17) is 5.73 Å².